The van der Waals surface area contributed by atoms with Crippen LogP contribution >= 0.6 is 0 Å². The summed E-state index contributed by atoms with van der Waals surface area (Å²) in [5, 5.41) is 10.3. The molecule has 6 nitrogen and oxygen atoms in total. The van der Waals surface area contributed by atoms with E-state index in [9.17, 15) is 14.7 Å². The molecule has 0 radical (unpaired) electrons. The molecule has 2 aromatic carbocycles. The summed E-state index contributed by atoms with van der Waals surface area (Å²) in [5.74, 6) is -0.514. The van der Waals surface area contributed by atoms with Gasteiger partial charge in [0.2, 0.25) is 5.91 Å². The van der Waals surface area contributed by atoms with E-state index in [4.69, 9.17) is 5.73 Å². The van der Waals surface area contributed by atoms with Crippen LogP contribution in [0, 0.1) is 0 Å². The molecule has 0 aliphatic rings. The molecule has 0 unspecified atom stereocenters. The van der Waals surface area contributed by atoms with Crippen LogP contribution in [0.2, 0.25) is 0 Å². The van der Waals surface area contributed by atoms with Crippen molar-refractivity contribution in [2.75, 3.05) is 0 Å². The van der Waals surface area contributed by atoms with E-state index in [1.54, 1.807) is 0 Å². The average Bonchev–Trinajstić information content (AvgIpc) is 2.54. The molecule has 0 atom stereocenters. The number of nitrogens with two attached hydrogens (primary N) is 1. The molecule has 3 aromatic rings. The predicted octanol–water partition coefficient (Wildman–Crippen LogP) is 2.45. The predicted molar refractivity (Wildman–Crippen MR) is 92.0 cm³/mol. The Morgan fingerprint density at radius 2 is 1.88 bits per heavy atom. The highest BCUT2D eigenvalue weighted by molar-refractivity contribution is 5.99. The molecular weight excluding hydrogens is 306 g/mol. The number of nitrogens with zero attached hydrogens (tertiary/aromatic N) is 2. The van der Waals surface area contributed by atoms with Crippen LogP contribution in [0.15, 0.2) is 47.3 Å². The Hall–Kier alpha value is -3.15. The van der Waals surface area contributed by atoms with Gasteiger partial charge >= 0.3 is 0 Å². The Kier molecular flexibility index (Phi) is 3.81. The maximum Gasteiger partial charge on any atom is 0.265 e. The molecule has 6 heteroatoms. The number of amides is 1. The molecule has 122 valence electrons. The van der Waals surface area contributed by atoms with Crippen LogP contribution in [0.5, 0.6) is 5.75 Å². The van der Waals surface area contributed by atoms with E-state index >= 15 is 0 Å². The smallest absolute Gasteiger partial charge is 0.265 e. The fraction of sp³-hybridized carbons (Fsp3) is 0.167. The van der Waals surface area contributed by atoms with E-state index in [1.165, 1.54) is 16.7 Å². The van der Waals surface area contributed by atoms with Gasteiger partial charge in [0.25, 0.3) is 5.56 Å². The number of carbonyl (C=O) groups is 1. The Balaban J connectivity index is 2.45. The summed E-state index contributed by atoms with van der Waals surface area (Å²) in [6.45, 7) is 3.74. The average molecular weight is 323 g/mol. The zero-order valence-electron chi connectivity index (χ0n) is 13.4. The molecule has 0 aliphatic heterocycles. The Morgan fingerprint density at radius 3 is 2.46 bits per heavy atom. The number of phenolic OH excluding ortho intramolecular Hbond substituents is 1. The molecule has 0 saturated carbocycles. The minimum Gasteiger partial charge on any atom is -0.507 e. The van der Waals surface area contributed by atoms with E-state index in [2.05, 4.69) is 4.98 Å². The lowest BCUT2D eigenvalue weighted by atomic mass is 10.1. The summed E-state index contributed by atoms with van der Waals surface area (Å²) in [6.07, 6.45) is 0. The third-order valence-corrected chi connectivity index (χ3v) is 3.82. The SMILES string of the molecule is CC(C)n1c(-c2ccccc2)nc2cc(C(N)=O)cc(O)c2c1=O. The van der Waals surface area contributed by atoms with Crippen LogP contribution < -0.4 is 11.3 Å². The van der Waals surface area contributed by atoms with Crippen LogP contribution in [0.25, 0.3) is 22.3 Å². The summed E-state index contributed by atoms with van der Waals surface area (Å²) < 4.78 is 1.53. The fourth-order valence-corrected chi connectivity index (χ4v) is 2.72. The second kappa shape index (κ2) is 5.81. The molecule has 24 heavy (non-hydrogen) atoms. The van der Waals surface area contributed by atoms with Crippen molar-refractivity contribution in [2.24, 2.45) is 5.73 Å². The van der Waals surface area contributed by atoms with E-state index in [0.717, 1.165) is 5.56 Å². The third kappa shape index (κ3) is 2.52. The van der Waals surface area contributed by atoms with E-state index in [1.807, 2.05) is 44.2 Å². The van der Waals surface area contributed by atoms with Gasteiger partial charge in [-0.05, 0) is 26.0 Å². The highest BCUT2D eigenvalue weighted by Gasteiger charge is 2.18. The van der Waals surface area contributed by atoms with Crippen molar-refractivity contribution in [1.29, 1.82) is 0 Å². The van der Waals surface area contributed by atoms with Crippen molar-refractivity contribution in [3.63, 3.8) is 0 Å². The van der Waals surface area contributed by atoms with Crippen LogP contribution in [0.1, 0.15) is 30.2 Å². The Morgan fingerprint density at radius 1 is 1.21 bits per heavy atom. The zero-order chi connectivity index (χ0) is 17.4. The molecule has 0 fully saturated rings. The largest absolute Gasteiger partial charge is 0.507 e. The van der Waals surface area contributed by atoms with Gasteiger partial charge in [-0.2, -0.15) is 0 Å². The van der Waals surface area contributed by atoms with Gasteiger partial charge in [0, 0.05) is 17.2 Å². The second-order valence-electron chi connectivity index (χ2n) is 5.82. The summed E-state index contributed by atoms with van der Waals surface area (Å²) >= 11 is 0. The first-order valence-electron chi connectivity index (χ1n) is 7.54. The molecule has 1 amide bonds. The molecule has 1 heterocycles. The first kappa shape index (κ1) is 15.7. The summed E-state index contributed by atoms with van der Waals surface area (Å²) in [5.41, 5.74) is 6.04. The third-order valence-electron chi connectivity index (χ3n) is 3.82. The molecule has 3 N–H and O–H groups in total. The zero-order valence-corrected chi connectivity index (χ0v) is 13.4. The van der Waals surface area contributed by atoms with Gasteiger partial charge in [0.05, 0.1) is 5.52 Å². The monoisotopic (exact) mass is 323 g/mol. The maximum atomic E-state index is 12.9. The van der Waals surface area contributed by atoms with Gasteiger partial charge in [-0.25, -0.2) is 4.98 Å². The van der Waals surface area contributed by atoms with Crippen molar-refractivity contribution in [1.82, 2.24) is 9.55 Å². The quantitative estimate of drug-likeness (QED) is 0.773. The molecule has 0 spiro atoms. The standard InChI is InChI=1S/C18H17N3O3/c1-10(2)21-17(11-6-4-3-5-7-11)20-13-8-12(16(19)23)9-14(22)15(13)18(21)24/h3-10,22H,1-2H3,(H2,19,23). The maximum absolute atomic E-state index is 12.9. The lowest BCUT2D eigenvalue weighted by Crippen LogP contribution is -2.25. The van der Waals surface area contributed by atoms with E-state index in [0.29, 0.717) is 5.82 Å². The number of benzene rings is 2. The number of primary amides is 1. The molecule has 3 rings (SSSR count). The highest BCUT2D eigenvalue weighted by atomic mass is 16.3. The highest BCUT2D eigenvalue weighted by Crippen LogP contribution is 2.27. The number of aromatic nitrogens is 2. The van der Waals surface area contributed by atoms with Crippen molar-refractivity contribution in [3.8, 4) is 17.1 Å². The number of phenols is 1. The molecule has 0 saturated heterocycles. The van der Waals surface area contributed by atoms with E-state index < -0.39 is 5.91 Å². The van der Waals surface area contributed by atoms with Gasteiger partial charge in [0.15, 0.2) is 0 Å². The number of hydrogen-bond donors (Lipinski definition) is 2. The summed E-state index contributed by atoms with van der Waals surface area (Å²) in [7, 11) is 0. The number of rotatable bonds is 3. The molecule has 0 bridgehead atoms. The summed E-state index contributed by atoms with van der Waals surface area (Å²) in [4.78, 5) is 28.9. The fourth-order valence-electron chi connectivity index (χ4n) is 2.72. The number of carbonyl (C=O) groups excluding carboxylic acids is 1. The van der Waals surface area contributed by atoms with Crippen LogP contribution in [-0.4, -0.2) is 20.6 Å². The number of hydrogen-bond acceptors (Lipinski definition) is 4. The van der Waals surface area contributed by atoms with Gasteiger partial charge in [-0.15, -0.1) is 0 Å². The minimum atomic E-state index is -0.691. The second-order valence-corrected chi connectivity index (χ2v) is 5.82. The van der Waals surface area contributed by atoms with Crippen molar-refractivity contribution >= 4 is 16.8 Å². The lowest BCUT2D eigenvalue weighted by Gasteiger charge is -2.17. The van der Waals surface area contributed by atoms with Gasteiger partial charge in [-0.1, -0.05) is 30.3 Å². The van der Waals surface area contributed by atoms with Crippen LogP contribution in [0.3, 0.4) is 0 Å². The number of aromatic hydroxyl groups is 1. The summed E-state index contributed by atoms with van der Waals surface area (Å²) in [6, 6.07) is 11.8. The lowest BCUT2D eigenvalue weighted by molar-refractivity contribution is 0.1000. The van der Waals surface area contributed by atoms with Crippen LogP contribution in [0.4, 0.5) is 0 Å². The molecule has 0 aliphatic carbocycles. The first-order chi connectivity index (χ1) is 11.4. The topological polar surface area (TPSA) is 98.2 Å². The van der Waals surface area contributed by atoms with Crippen molar-refractivity contribution < 1.29 is 9.90 Å². The van der Waals surface area contributed by atoms with Crippen LogP contribution in [-0.2, 0) is 0 Å². The minimum absolute atomic E-state index is 0.0772. The van der Waals surface area contributed by atoms with E-state index in [-0.39, 0.29) is 33.8 Å². The first-order valence-corrected chi connectivity index (χ1v) is 7.54. The van der Waals surface area contributed by atoms with Crippen molar-refractivity contribution in [2.45, 2.75) is 19.9 Å². The Bertz CT molecular complexity index is 992. The van der Waals surface area contributed by atoms with Gasteiger partial charge in [-0.3, -0.25) is 14.2 Å². The van der Waals surface area contributed by atoms with Gasteiger partial charge in [0.1, 0.15) is 17.0 Å². The Labute approximate surface area is 138 Å². The normalized spacial score (nSPS) is 11.1. The van der Waals surface area contributed by atoms with Gasteiger partial charge < -0.3 is 10.8 Å². The van der Waals surface area contributed by atoms with Crippen molar-refractivity contribution in [3.05, 3.63) is 58.4 Å². The molecule has 1 aromatic heterocycles. The number of fused-ring (bicyclic) bond motifs is 1. The molecular formula is C18H17N3O3.